The number of pyridine rings is 1. The number of hydrogen-bond donors (Lipinski definition) is 1. The fourth-order valence-electron chi connectivity index (χ4n) is 7.86. The van der Waals surface area contributed by atoms with Crippen LogP contribution in [0.15, 0.2) is 134 Å². The summed E-state index contributed by atoms with van der Waals surface area (Å²) >= 11 is 0. The minimum absolute atomic E-state index is 0.391. The Labute approximate surface area is 260 Å². The summed E-state index contributed by atoms with van der Waals surface area (Å²) in [5, 5.41) is 24.9. The Morgan fingerprint density at radius 2 is 1.36 bits per heavy atom. The molecule has 45 heavy (non-hydrogen) atoms. The molecule has 4 heteroatoms. The van der Waals surface area contributed by atoms with E-state index in [1.807, 2.05) is 24.4 Å². The minimum Gasteiger partial charge on any atom is -0.373 e. The van der Waals surface area contributed by atoms with Crippen LogP contribution in [0.3, 0.4) is 0 Å². The Hall–Kier alpha value is -6.23. The van der Waals surface area contributed by atoms with Crippen molar-refractivity contribution in [2.45, 2.75) is 11.5 Å². The number of nitrogens with zero attached hydrogens (tertiary/aromatic N) is 3. The lowest BCUT2D eigenvalue weighted by Crippen LogP contribution is -2.26. The summed E-state index contributed by atoms with van der Waals surface area (Å²) < 4.78 is 0. The summed E-state index contributed by atoms with van der Waals surface area (Å²) in [7, 11) is 0. The number of rotatable bonds is 2. The number of benzene rings is 5. The number of hydrogen-bond acceptors (Lipinski definition) is 4. The molecule has 0 saturated carbocycles. The van der Waals surface area contributed by atoms with Crippen molar-refractivity contribution in [3.05, 3.63) is 167 Å². The average molecular weight is 573 g/mol. The van der Waals surface area contributed by atoms with E-state index in [0.29, 0.717) is 5.69 Å². The van der Waals surface area contributed by atoms with Crippen LogP contribution >= 0.6 is 0 Å². The zero-order valence-corrected chi connectivity index (χ0v) is 24.1. The molecule has 0 saturated heterocycles. The molecule has 1 aliphatic heterocycles. The second-order valence-corrected chi connectivity index (χ2v) is 11.8. The first kappa shape index (κ1) is 25.3. The van der Waals surface area contributed by atoms with Gasteiger partial charge in [-0.05, 0) is 120 Å². The smallest absolute Gasteiger partial charge is 0.141 e. The molecule has 2 heterocycles. The molecule has 0 amide bonds. The van der Waals surface area contributed by atoms with Crippen molar-refractivity contribution >= 4 is 16.3 Å². The molecule has 4 nitrogen and oxygen atoms in total. The highest BCUT2D eigenvalue weighted by molar-refractivity contribution is 6.10. The summed E-state index contributed by atoms with van der Waals surface area (Å²) in [6.45, 7) is 0. The van der Waals surface area contributed by atoms with Gasteiger partial charge in [0.2, 0.25) is 0 Å². The third-order valence-electron chi connectivity index (χ3n) is 9.64. The van der Waals surface area contributed by atoms with E-state index in [4.69, 9.17) is 0 Å². The number of fused-ring (bicyclic) bond motifs is 12. The molecule has 9 rings (SSSR count). The molecule has 1 unspecified atom stereocenters. The largest absolute Gasteiger partial charge is 0.373 e. The van der Waals surface area contributed by atoms with E-state index in [1.165, 1.54) is 49.9 Å². The Morgan fingerprint density at radius 3 is 2.11 bits per heavy atom. The molecule has 0 radical (unpaired) electrons. The van der Waals surface area contributed by atoms with E-state index in [1.54, 1.807) is 6.20 Å². The highest BCUT2D eigenvalue weighted by Crippen LogP contribution is 2.64. The van der Waals surface area contributed by atoms with Crippen LogP contribution in [0, 0.1) is 22.7 Å². The second-order valence-electron chi connectivity index (χ2n) is 11.8. The van der Waals surface area contributed by atoms with Crippen molar-refractivity contribution in [3.63, 3.8) is 0 Å². The summed E-state index contributed by atoms with van der Waals surface area (Å²) in [4.78, 5) is 4.22. The molecule has 1 spiro atoms. The summed E-state index contributed by atoms with van der Waals surface area (Å²) in [6, 6.07) is 43.4. The van der Waals surface area contributed by atoms with E-state index < -0.39 is 11.5 Å². The molecule has 0 fully saturated rings. The number of dihydropyridines is 1. The van der Waals surface area contributed by atoms with Crippen molar-refractivity contribution in [1.29, 1.82) is 10.5 Å². The van der Waals surface area contributed by atoms with Gasteiger partial charge in [0.05, 0.1) is 11.5 Å². The van der Waals surface area contributed by atoms with Gasteiger partial charge in [-0.25, -0.2) is 4.98 Å². The normalized spacial score (nSPS) is 16.1. The van der Waals surface area contributed by atoms with Gasteiger partial charge in [-0.1, -0.05) is 84.9 Å². The fourth-order valence-corrected chi connectivity index (χ4v) is 7.86. The maximum atomic E-state index is 9.77. The summed E-state index contributed by atoms with van der Waals surface area (Å²) in [5.74, 6) is 0. The van der Waals surface area contributed by atoms with Gasteiger partial charge in [0.25, 0.3) is 0 Å². The van der Waals surface area contributed by atoms with Gasteiger partial charge >= 0.3 is 0 Å². The maximum Gasteiger partial charge on any atom is 0.141 e. The van der Waals surface area contributed by atoms with Gasteiger partial charge in [-0.15, -0.1) is 0 Å². The highest BCUT2D eigenvalue weighted by Gasteiger charge is 2.52. The molecule has 1 atom stereocenters. The first-order valence-corrected chi connectivity index (χ1v) is 15.0. The molecular formula is C41H24N4. The van der Waals surface area contributed by atoms with Crippen molar-refractivity contribution in [2.24, 2.45) is 0 Å². The topological polar surface area (TPSA) is 72.5 Å². The van der Waals surface area contributed by atoms with E-state index in [0.717, 1.165) is 27.6 Å². The third kappa shape index (κ3) is 3.37. The van der Waals surface area contributed by atoms with Crippen LogP contribution in [0.4, 0.5) is 0 Å². The van der Waals surface area contributed by atoms with Crippen molar-refractivity contribution in [3.8, 4) is 45.5 Å². The Morgan fingerprint density at radius 1 is 0.644 bits per heavy atom. The van der Waals surface area contributed by atoms with E-state index in [-0.39, 0.29) is 0 Å². The van der Waals surface area contributed by atoms with Gasteiger partial charge < -0.3 is 5.32 Å². The summed E-state index contributed by atoms with van der Waals surface area (Å²) in [6.07, 6.45) is 7.68. The average Bonchev–Trinajstić information content (AvgIpc) is 3.58. The van der Waals surface area contributed by atoms with Gasteiger partial charge in [0.15, 0.2) is 0 Å². The van der Waals surface area contributed by atoms with E-state index in [2.05, 4.69) is 126 Å². The van der Waals surface area contributed by atoms with Crippen LogP contribution in [0.25, 0.3) is 49.7 Å². The lowest BCUT2D eigenvalue weighted by molar-refractivity contribution is 0.794. The highest BCUT2D eigenvalue weighted by atomic mass is 14.9. The van der Waals surface area contributed by atoms with Gasteiger partial charge in [0.1, 0.15) is 17.8 Å². The Balaban J connectivity index is 1.44. The molecule has 2 aliphatic carbocycles. The number of nitrogens with one attached hydrogen (secondary N) is 1. The molecule has 5 aromatic carbocycles. The Kier molecular flexibility index (Phi) is 5.27. The molecule has 3 aliphatic rings. The molecular weight excluding hydrogens is 548 g/mol. The van der Waals surface area contributed by atoms with Crippen molar-refractivity contribution in [2.75, 3.05) is 0 Å². The van der Waals surface area contributed by atoms with Crippen LogP contribution in [-0.2, 0) is 5.41 Å². The van der Waals surface area contributed by atoms with Gasteiger partial charge in [-0.3, -0.25) is 0 Å². The first-order valence-electron chi connectivity index (χ1n) is 15.0. The number of nitriles is 2. The zero-order chi connectivity index (χ0) is 30.1. The van der Waals surface area contributed by atoms with Gasteiger partial charge in [-0.2, -0.15) is 10.5 Å². The van der Waals surface area contributed by atoms with Crippen LogP contribution in [0.5, 0.6) is 0 Å². The van der Waals surface area contributed by atoms with E-state index in [9.17, 15) is 10.5 Å². The van der Waals surface area contributed by atoms with E-state index >= 15 is 0 Å². The first-order chi connectivity index (χ1) is 22.2. The molecule has 0 bridgehead atoms. The summed E-state index contributed by atoms with van der Waals surface area (Å²) in [5.41, 5.74) is 14.0. The van der Waals surface area contributed by atoms with Crippen LogP contribution in [0.2, 0.25) is 0 Å². The third-order valence-corrected chi connectivity index (χ3v) is 9.64. The standard InChI is InChI=1S/C41H24N4/c42-23-28-19-26(15-17-44-28)25-13-14-34-38(21-25)41(36-11-5-3-8-31(36)32-9-4-6-12-37(32)41)39-22-35(27-16-18-45-29(20-27)24-43)30-7-1-2-10-33(30)40(34)39/h1-22,29,45H. The number of aromatic nitrogens is 1. The monoisotopic (exact) mass is 572 g/mol. The Bertz CT molecular complexity index is 2350. The van der Waals surface area contributed by atoms with Gasteiger partial charge in [0, 0.05) is 6.20 Å². The lowest BCUT2D eigenvalue weighted by Gasteiger charge is -2.31. The van der Waals surface area contributed by atoms with Crippen LogP contribution in [-0.4, -0.2) is 11.0 Å². The zero-order valence-electron chi connectivity index (χ0n) is 24.1. The maximum absolute atomic E-state index is 9.77. The predicted octanol–water partition coefficient (Wildman–Crippen LogP) is 8.51. The quantitative estimate of drug-likeness (QED) is 0.225. The van der Waals surface area contributed by atoms with Crippen molar-refractivity contribution in [1.82, 2.24) is 10.3 Å². The molecule has 1 aromatic heterocycles. The van der Waals surface area contributed by atoms with Crippen LogP contribution in [0.1, 0.15) is 33.5 Å². The fraction of sp³-hybridized carbons (Fsp3) is 0.0488. The van der Waals surface area contributed by atoms with Crippen molar-refractivity contribution < 1.29 is 0 Å². The lowest BCUT2D eigenvalue weighted by atomic mass is 9.69. The molecule has 6 aromatic rings. The molecule has 208 valence electrons. The van der Waals surface area contributed by atoms with Crippen LogP contribution < -0.4 is 5.32 Å². The predicted molar refractivity (Wildman–Crippen MR) is 178 cm³/mol. The minimum atomic E-state index is -0.552. The second kappa shape index (κ2) is 9.38. The molecule has 1 N–H and O–H groups in total. The number of allylic oxidation sites excluding steroid dienone is 2. The SMILES string of the molecule is N#Cc1cc(-c2ccc3c(c2)C2(c4ccccc4-c4ccccc42)c2cc(C4=CC(C#N)NC=C4)c4ccccc4c2-3)ccn1.